The van der Waals surface area contributed by atoms with Gasteiger partial charge >= 0.3 is 0 Å². The Labute approximate surface area is 149 Å². The molecule has 0 amide bonds. The molecule has 0 aliphatic carbocycles. The molecule has 128 valence electrons. The van der Waals surface area contributed by atoms with Crippen molar-refractivity contribution in [3.05, 3.63) is 46.2 Å². The number of fused-ring (bicyclic) bond motifs is 1. The molecular formula is C20H26N2OS. The van der Waals surface area contributed by atoms with Crippen LogP contribution in [0.3, 0.4) is 0 Å². The summed E-state index contributed by atoms with van der Waals surface area (Å²) in [6.45, 7) is 10.3. The quantitative estimate of drug-likeness (QED) is 0.717. The lowest BCUT2D eigenvalue weighted by Gasteiger charge is -2.34. The highest BCUT2D eigenvalue weighted by Crippen LogP contribution is 2.31. The third-order valence-corrected chi connectivity index (χ3v) is 4.90. The maximum absolute atomic E-state index is 5.98. The molecule has 0 unspecified atom stereocenters. The fraction of sp³-hybridized carbons (Fsp3) is 0.500. The predicted octanol–water partition coefficient (Wildman–Crippen LogP) is 5.18. The number of ether oxygens (including phenoxy) is 1. The van der Waals surface area contributed by atoms with E-state index in [2.05, 4.69) is 56.5 Å². The van der Waals surface area contributed by atoms with Crippen LogP contribution >= 0.6 is 12.2 Å². The van der Waals surface area contributed by atoms with Crippen LogP contribution in [0.1, 0.15) is 45.4 Å². The van der Waals surface area contributed by atoms with Crippen molar-refractivity contribution in [3.63, 3.8) is 0 Å². The third-order valence-electron chi connectivity index (χ3n) is 4.56. The monoisotopic (exact) mass is 342 g/mol. The summed E-state index contributed by atoms with van der Waals surface area (Å²) in [5.41, 5.74) is 3.35. The molecule has 24 heavy (non-hydrogen) atoms. The van der Waals surface area contributed by atoms with Crippen molar-refractivity contribution in [3.8, 4) is 11.4 Å². The van der Waals surface area contributed by atoms with E-state index in [0.29, 0.717) is 17.2 Å². The summed E-state index contributed by atoms with van der Waals surface area (Å²) in [7, 11) is 0. The first-order valence-electron chi connectivity index (χ1n) is 8.69. The normalized spacial score (nSPS) is 16.2. The van der Waals surface area contributed by atoms with Gasteiger partial charge in [0, 0.05) is 29.8 Å². The van der Waals surface area contributed by atoms with Gasteiger partial charge in [0.1, 0.15) is 10.5 Å². The number of benzene rings is 1. The number of aromatic nitrogens is 2. The minimum atomic E-state index is -0.163. The van der Waals surface area contributed by atoms with Gasteiger partial charge in [0.15, 0.2) is 0 Å². The molecule has 0 fully saturated rings. The molecule has 0 radical (unpaired) electrons. The summed E-state index contributed by atoms with van der Waals surface area (Å²) in [5, 5.41) is 0. The molecule has 1 aromatic heterocycles. The van der Waals surface area contributed by atoms with Gasteiger partial charge in [-0.25, -0.2) is 4.98 Å². The van der Waals surface area contributed by atoms with Gasteiger partial charge < -0.3 is 9.30 Å². The molecule has 3 nitrogen and oxygen atoms in total. The highest BCUT2D eigenvalue weighted by Gasteiger charge is 2.30. The minimum Gasteiger partial charge on any atom is -0.370 e. The van der Waals surface area contributed by atoms with E-state index >= 15 is 0 Å². The maximum atomic E-state index is 5.98. The number of hydrogen-bond acceptors (Lipinski definition) is 3. The van der Waals surface area contributed by atoms with Crippen LogP contribution in [0.5, 0.6) is 0 Å². The number of nitrogens with zero attached hydrogens (tertiary/aromatic N) is 2. The van der Waals surface area contributed by atoms with Crippen molar-refractivity contribution in [2.45, 2.75) is 59.3 Å². The molecule has 0 bridgehead atoms. The van der Waals surface area contributed by atoms with Gasteiger partial charge in [0.25, 0.3) is 0 Å². The molecule has 0 atom stereocenters. The third kappa shape index (κ3) is 3.60. The lowest BCUT2D eigenvalue weighted by atomic mass is 9.95. The largest absolute Gasteiger partial charge is 0.370 e. The van der Waals surface area contributed by atoms with Gasteiger partial charge in [0.2, 0.25) is 0 Å². The topological polar surface area (TPSA) is 27.1 Å². The van der Waals surface area contributed by atoms with E-state index in [1.807, 2.05) is 6.07 Å². The van der Waals surface area contributed by atoms with Gasteiger partial charge in [-0.2, -0.15) is 0 Å². The molecule has 0 saturated heterocycles. The second kappa shape index (κ2) is 6.77. The van der Waals surface area contributed by atoms with E-state index < -0.39 is 0 Å². The van der Waals surface area contributed by atoms with Crippen LogP contribution in [-0.2, 0) is 24.3 Å². The van der Waals surface area contributed by atoms with Crippen LogP contribution in [-0.4, -0.2) is 15.2 Å². The molecule has 2 heterocycles. The highest BCUT2D eigenvalue weighted by atomic mass is 32.1. The molecule has 2 aromatic rings. The predicted molar refractivity (Wildman–Crippen MR) is 101 cm³/mol. The van der Waals surface area contributed by atoms with E-state index in [1.54, 1.807) is 0 Å². The van der Waals surface area contributed by atoms with E-state index in [0.717, 1.165) is 36.3 Å². The zero-order valence-corrected chi connectivity index (χ0v) is 15.8. The Bertz CT molecular complexity index is 778. The highest BCUT2D eigenvalue weighted by molar-refractivity contribution is 7.71. The summed E-state index contributed by atoms with van der Waals surface area (Å²) in [4.78, 5) is 4.78. The standard InChI is InChI=1S/C20H26N2OS/c1-14(2)10-11-22-17-12-20(3,4)23-13-16(17)19(24)21-18(22)15-8-6-5-7-9-15/h5-9,14H,10-13H2,1-4H3. The van der Waals surface area contributed by atoms with Crippen molar-refractivity contribution in [2.75, 3.05) is 0 Å². The van der Waals surface area contributed by atoms with Crippen molar-refractivity contribution in [2.24, 2.45) is 5.92 Å². The number of rotatable bonds is 4. The Kier molecular flexibility index (Phi) is 4.88. The van der Waals surface area contributed by atoms with Crippen molar-refractivity contribution in [1.29, 1.82) is 0 Å². The van der Waals surface area contributed by atoms with Crippen LogP contribution in [0, 0.1) is 10.6 Å². The molecule has 1 aliphatic heterocycles. The van der Waals surface area contributed by atoms with E-state index in [9.17, 15) is 0 Å². The van der Waals surface area contributed by atoms with Crippen molar-refractivity contribution >= 4 is 12.2 Å². The second-order valence-corrected chi connectivity index (χ2v) is 7.98. The summed E-state index contributed by atoms with van der Waals surface area (Å²) >= 11 is 5.59. The van der Waals surface area contributed by atoms with Crippen molar-refractivity contribution < 1.29 is 4.74 Å². The van der Waals surface area contributed by atoms with Crippen LogP contribution < -0.4 is 0 Å². The van der Waals surface area contributed by atoms with Gasteiger partial charge in [-0.3, -0.25) is 0 Å². The zero-order valence-electron chi connectivity index (χ0n) is 15.0. The Hall–Kier alpha value is -1.52. The first-order chi connectivity index (χ1) is 11.4. The summed E-state index contributed by atoms with van der Waals surface area (Å²) in [6.07, 6.45) is 1.99. The smallest absolute Gasteiger partial charge is 0.141 e. The Morgan fingerprint density at radius 1 is 1.25 bits per heavy atom. The summed E-state index contributed by atoms with van der Waals surface area (Å²) in [6, 6.07) is 10.4. The molecule has 0 spiro atoms. The van der Waals surface area contributed by atoms with Crippen molar-refractivity contribution in [1.82, 2.24) is 9.55 Å². The van der Waals surface area contributed by atoms with Gasteiger partial charge in [-0.05, 0) is 26.2 Å². The van der Waals surface area contributed by atoms with E-state index in [4.69, 9.17) is 21.9 Å². The first-order valence-corrected chi connectivity index (χ1v) is 9.10. The molecular weight excluding hydrogens is 316 g/mol. The first kappa shape index (κ1) is 17.3. The fourth-order valence-electron chi connectivity index (χ4n) is 3.14. The van der Waals surface area contributed by atoms with Crippen LogP contribution in [0.25, 0.3) is 11.4 Å². The summed E-state index contributed by atoms with van der Waals surface area (Å²) in [5.74, 6) is 1.63. The Morgan fingerprint density at radius 2 is 1.96 bits per heavy atom. The lowest BCUT2D eigenvalue weighted by Crippen LogP contribution is -2.35. The van der Waals surface area contributed by atoms with Gasteiger partial charge in [0.05, 0.1) is 12.2 Å². The average Bonchev–Trinajstić information content (AvgIpc) is 2.53. The Balaban J connectivity index is 2.18. The zero-order chi connectivity index (χ0) is 17.3. The molecule has 4 heteroatoms. The second-order valence-electron chi connectivity index (χ2n) is 7.59. The lowest BCUT2D eigenvalue weighted by molar-refractivity contribution is -0.0428. The fourth-order valence-corrected chi connectivity index (χ4v) is 3.41. The summed E-state index contributed by atoms with van der Waals surface area (Å²) < 4.78 is 9.04. The molecule has 1 aromatic carbocycles. The van der Waals surface area contributed by atoms with E-state index in [1.165, 1.54) is 5.69 Å². The number of hydrogen-bond donors (Lipinski definition) is 0. The SMILES string of the molecule is CC(C)CCn1c(-c2ccccc2)nc(=S)c2c1CC(C)(C)OC2. The van der Waals surface area contributed by atoms with Gasteiger partial charge in [-0.1, -0.05) is 56.4 Å². The van der Waals surface area contributed by atoms with Crippen LogP contribution in [0.15, 0.2) is 30.3 Å². The van der Waals surface area contributed by atoms with Crippen LogP contribution in [0.2, 0.25) is 0 Å². The average molecular weight is 343 g/mol. The maximum Gasteiger partial charge on any atom is 0.141 e. The Morgan fingerprint density at radius 3 is 2.62 bits per heavy atom. The molecule has 0 saturated carbocycles. The van der Waals surface area contributed by atoms with Crippen LogP contribution in [0.4, 0.5) is 0 Å². The molecule has 0 N–H and O–H groups in total. The molecule has 3 rings (SSSR count). The van der Waals surface area contributed by atoms with E-state index in [-0.39, 0.29) is 5.60 Å². The minimum absolute atomic E-state index is 0.163. The molecule has 1 aliphatic rings. The van der Waals surface area contributed by atoms with Gasteiger partial charge in [-0.15, -0.1) is 0 Å².